The molecule has 0 bridgehead atoms. The Morgan fingerprint density at radius 2 is 1.93 bits per heavy atom. The highest BCUT2D eigenvalue weighted by molar-refractivity contribution is 7.85. The molecule has 0 unspecified atom stereocenters. The van der Waals surface area contributed by atoms with E-state index in [4.69, 9.17) is 0 Å². The molecule has 1 amide bonds. The van der Waals surface area contributed by atoms with Crippen molar-refractivity contribution in [3.8, 4) is 0 Å². The summed E-state index contributed by atoms with van der Waals surface area (Å²) in [4.78, 5) is 11.4. The van der Waals surface area contributed by atoms with Gasteiger partial charge in [0.15, 0.2) is 0 Å². The smallest absolute Gasteiger partial charge is 0.251 e. The first-order valence-electron chi connectivity index (χ1n) is 4.78. The molecule has 2 N–H and O–H groups in total. The zero-order valence-corrected chi connectivity index (χ0v) is 9.39. The maximum atomic E-state index is 11.4. The fourth-order valence-corrected chi connectivity index (χ4v) is 2.60. The summed E-state index contributed by atoms with van der Waals surface area (Å²) in [6, 6.07) is 0.0756. The summed E-state index contributed by atoms with van der Waals surface area (Å²) in [5.74, 6) is 0.948. The molecule has 14 heavy (non-hydrogen) atoms. The molecule has 0 radical (unpaired) electrons. The van der Waals surface area contributed by atoms with Crippen molar-refractivity contribution < 1.29 is 14.1 Å². The second kappa shape index (κ2) is 4.40. The second-order valence-electron chi connectivity index (χ2n) is 4.15. The standard InChI is InChI=1S/C9H17NO3S/c1-9(2,12)8(11)10-7-3-5-14(13)6-4-7/h7,12H,3-6H2,1-2H3,(H,10,11). The van der Waals surface area contributed by atoms with Gasteiger partial charge in [0.25, 0.3) is 5.91 Å². The average molecular weight is 219 g/mol. The zero-order valence-electron chi connectivity index (χ0n) is 8.58. The normalized spacial score (nSPS) is 28.5. The summed E-state index contributed by atoms with van der Waals surface area (Å²) in [6.45, 7) is 2.92. The molecule has 1 saturated heterocycles. The van der Waals surface area contributed by atoms with Crippen LogP contribution in [0.2, 0.25) is 0 Å². The van der Waals surface area contributed by atoms with Gasteiger partial charge in [-0.3, -0.25) is 9.00 Å². The van der Waals surface area contributed by atoms with Gasteiger partial charge in [0.2, 0.25) is 0 Å². The van der Waals surface area contributed by atoms with Crippen molar-refractivity contribution in [1.82, 2.24) is 5.32 Å². The summed E-state index contributed by atoms with van der Waals surface area (Å²) >= 11 is 0. The Labute approximate surface area is 86.5 Å². The van der Waals surface area contributed by atoms with Gasteiger partial charge in [0, 0.05) is 28.3 Å². The van der Waals surface area contributed by atoms with Crippen LogP contribution in [0.4, 0.5) is 0 Å². The SMILES string of the molecule is CC(C)(O)C(=O)NC1CCS(=O)CC1. The van der Waals surface area contributed by atoms with Crippen molar-refractivity contribution >= 4 is 16.7 Å². The molecule has 82 valence electrons. The molecule has 5 heteroatoms. The lowest BCUT2D eigenvalue weighted by Crippen LogP contribution is -2.48. The monoisotopic (exact) mass is 219 g/mol. The lowest BCUT2D eigenvalue weighted by Gasteiger charge is -2.26. The first kappa shape index (κ1) is 11.7. The second-order valence-corrected chi connectivity index (χ2v) is 5.85. The highest BCUT2D eigenvalue weighted by Gasteiger charge is 2.27. The number of carbonyl (C=O) groups is 1. The molecule has 0 spiro atoms. The Morgan fingerprint density at radius 3 is 2.36 bits per heavy atom. The number of hydrogen-bond donors (Lipinski definition) is 2. The van der Waals surface area contributed by atoms with Crippen LogP contribution in [0, 0.1) is 0 Å². The molecule has 1 aliphatic heterocycles. The molecule has 0 saturated carbocycles. The third-order valence-corrected chi connectivity index (χ3v) is 3.66. The van der Waals surface area contributed by atoms with E-state index in [0.717, 1.165) is 12.8 Å². The Hall–Kier alpha value is -0.420. The molecular formula is C9H17NO3S. The van der Waals surface area contributed by atoms with Crippen LogP contribution in [-0.2, 0) is 15.6 Å². The Kier molecular flexibility index (Phi) is 3.66. The number of amides is 1. The van der Waals surface area contributed by atoms with Crippen LogP contribution in [0.3, 0.4) is 0 Å². The predicted molar refractivity (Wildman–Crippen MR) is 55.3 cm³/mol. The number of hydrogen-bond acceptors (Lipinski definition) is 3. The lowest BCUT2D eigenvalue weighted by molar-refractivity contribution is -0.137. The summed E-state index contributed by atoms with van der Waals surface area (Å²) in [5.41, 5.74) is -1.32. The number of carbonyl (C=O) groups excluding carboxylic acids is 1. The topological polar surface area (TPSA) is 66.4 Å². The Bertz CT molecular complexity index is 237. The molecule has 1 aliphatic rings. The Morgan fingerprint density at radius 1 is 1.43 bits per heavy atom. The van der Waals surface area contributed by atoms with E-state index in [1.165, 1.54) is 13.8 Å². The Balaban J connectivity index is 2.38. The van der Waals surface area contributed by atoms with Crippen LogP contribution < -0.4 is 5.32 Å². The van der Waals surface area contributed by atoms with Crippen LogP contribution in [0.5, 0.6) is 0 Å². The quantitative estimate of drug-likeness (QED) is 0.675. The van der Waals surface area contributed by atoms with E-state index in [1.54, 1.807) is 0 Å². The summed E-state index contributed by atoms with van der Waals surface area (Å²) in [7, 11) is -0.711. The van der Waals surface area contributed by atoms with Gasteiger partial charge in [-0.15, -0.1) is 0 Å². The van der Waals surface area contributed by atoms with Crippen molar-refractivity contribution in [2.24, 2.45) is 0 Å². The molecule has 1 fully saturated rings. The molecule has 0 atom stereocenters. The van der Waals surface area contributed by atoms with E-state index in [1.807, 2.05) is 0 Å². The van der Waals surface area contributed by atoms with E-state index in [2.05, 4.69) is 5.32 Å². The maximum Gasteiger partial charge on any atom is 0.251 e. The van der Waals surface area contributed by atoms with E-state index in [0.29, 0.717) is 11.5 Å². The van der Waals surface area contributed by atoms with Crippen molar-refractivity contribution in [2.75, 3.05) is 11.5 Å². The first-order valence-corrected chi connectivity index (χ1v) is 6.26. The summed E-state index contributed by atoms with van der Waals surface area (Å²) in [5, 5.41) is 12.2. The highest BCUT2D eigenvalue weighted by Crippen LogP contribution is 2.10. The fraction of sp³-hybridized carbons (Fsp3) is 0.889. The molecule has 0 aliphatic carbocycles. The number of aliphatic hydroxyl groups is 1. The van der Waals surface area contributed by atoms with Crippen LogP contribution >= 0.6 is 0 Å². The van der Waals surface area contributed by atoms with E-state index >= 15 is 0 Å². The molecule has 0 aromatic carbocycles. The molecule has 1 heterocycles. The number of rotatable bonds is 2. The van der Waals surface area contributed by atoms with Crippen LogP contribution in [-0.4, -0.2) is 38.4 Å². The molecule has 0 aromatic heterocycles. The van der Waals surface area contributed by atoms with E-state index in [-0.39, 0.29) is 11.9 Å². The molecule has 1 rings (SSSR count). The first-order chi connectivity index (χ1) is 6.39. The minimum Gasteiger partial charge on any atom is -0.381 e. The predicted octanol–water partition coefficient (Wildman–Crippen LogP) is -0.215. The van der Waals surface area contributed by atoms with Crippen LogP contribution in [0.1, 0.15) is 26.7 Å². The van der Waals surface area contributed by atoms with Gasteiger partial charge >= 0.3 is 0 Å². The van der Waals surface area contributed by atoms with Crippen molar-refractivity contribution in [1.29, 1.82) is 0 Å². The van der Waals surface area contributed by atoms with Gasteiger partial charge in [-0.05, 0) is 26.7 Å². The summed E-state index contributed by atoms with van der Waals surface area (Å²) in [6.07, 6.45) is 1.49. The molecule has 0 aromatic rings. The van der Waals surface area contributed by atoms with Gasteiger partial charge in [-0.2, -0.15) is 0 Å². The zero-order chi connectivity index (χ0) is 10.8. The largest absolute Gasteiger partial charge is 0.381 e. The van der Waals surface area contributed by atoms with Gasteiger partial charge < -0.3 is 10.4 Å². The third kappa shape index (κ3) is 3.38. The van der Waals surface area contributed by atoms with Gasteiger partial charge in [0.1, 0.15) is 5.60 Å². The fourth-order valence-electron chi connectivity index (χ4n) is 1.30. The molecule has 4 nitrogen and oxygen atoms in total. The minimum atomic E-state index is -1.32. The summed E-state index contributed by atoms with van der Waals surface area (Å²) < 4.78 is 11.0. The average Bonchev–Trinajstić information content (AvgIpc) is 2.07. The van der Waals surface area contributed by atoms with Crippen molar-refractivity contribution in [2.45, 2.75) is 38.3 Å². The van der Waals surface area contributed by atoms with Gasteiger partial charge in [0.05, 0.1) is 0 Å². The number of nitrogens with one attached hydrogen (secondary N) is 1. The van der Waals surface area contributed by atoms with E-state index in [9.17, 15) is 14.1 Å². The third-order valence-electron chi connectivity index (χ3n) is 2.28. The van der Waals surface area contributed by atoms with Crippen molar-refractivity contribution in [3.63, 3.8) is 0 Å². The van der Waals surface area contributed by atoms with Crippen LogP contribution in [0.25, 0.3) is 0 Å². The van der Waals surface area contributed by atoms with Crippen LogP contribution in [0.15, 0.2) is 0 Å². The van der Waals surface area contributed by atoms with Gasteiger partial charge in [-0.25, -0.2) is 0 Å². The van der Waals surface area contributed by atoms with Gasteiger partial charge in [-0.1, -0.05) is 0 Å². The van der Waals surface area contributed by atoms with E-state index < -0.39 is 16.4 Å². The maximum absolute atomic E-state index is 11.4. The van der Waals surface area contributed by atoms with Crippen molar-refractivity contribution in [3.05, 3.63) is 0 Å². The lowest BCUT2D eigenvalue weighted by atomic mass is 10.1. The minimum absolute atomic E-state index is 0.0756. The molecular weight excluding hydrogens is 202 g/mol. The highest BCUT2D eigenvalue weighted by atomic mass is 32.2.